The van der Waals surface area contributed by atoms with Crippen molar-refractivity contribution in [3.63, 3.8) is 0 Å². The number of carbonyl (C=O) groups excluding carboxylic acids is 2. The van der Waals surface area contributed by atoms with Crippen molar-refractivity contribution in [3.8, 4) is 11.5 Å². The molecule has 6 nitrogen and oxygen atoms in total. The molecule has 0 aromatic heterocycles. The maximum absolute atomic E-state index is 12.5. The van der Waals surface area contributed by atoms with Gasteiger partial charge in [0.2, 0.25) is 6.79 Å². The highest BCUT2D eigenvalue weighted by Gasteiger charge is 2.21. The quantitative estimate of drug-likeness (QED) is 0.804. The number of carbonyl (C=O) groups is 2. The van der Waals surface area contributed by atoms with Crippen LogP contribution < -0.4 is 20.1 Å². The number of nitrogens with one attached hydrogen (secondary N) is 2. The highest BCUT2D eigenvalue weighted by molar-refractivity contribution is 6.33. The molecular weight excluding hydrogens is 344 g/mol. The molecular formula is C18H15ClN2O4. The Morgan fingerprint density at radius 3 is 2.80 bits per heavy atom. The average Bonchev–Trinajstić information content (AvgIpc) is 3.09. The molecule has 0 bridgehead atoms. The standard InChI is InChI=1S/C18H15ClN2O4/c1-2-7-20-18(23)12-5-3-4-6-14(12)21-17(22)11-8-13(19)16-15(9-11)24-10-25-16/h2-6,8-9H,1,7,10H2,(H,20,23)(H,21,22). The van der Waals surface area contributed by atoms with Crippen LogP contribution in [0.1, 0.15) is 20.7 Å². The molecule has 0 atom stereocenters. The van der Waals surface area contributed by atoms with Gasteiger partial charge in [-0.05, 0) is 24.3 Å². The third kappa shape index (κ3) is 3.59. The molecule has 0 fully saturated rings. The summed E-state index contributed by atoms with van der Waals surface area (Å²) in [7, 11) is 0. The van der Waals surface area contributed by atoms with E-state index in [0.29, 0.717) is 34.9 Å². The van der Waals surface area contributed by atoms with Crippen LogP contribution >= 0.6 is 11.6 Å². The molecule has 7 heteroatoms. The van der Waals surface area contributed by atoms with E-state index in [0.717, 1.165) is 0 Å². The van der Waals surface area contributed by atoms with Gasteiger partial charge in [0, 0.05) is 12.1 Å². The molecule has 128 valence electrons. The first-order valence-electron chi connectivity index (χ1n) is 7.48. The third-order valence-corrected chi connectivity index (χ3v) is 3.80. The first kappa shape index (κ1) is 16.9. The van der Waals surface area contributed by atoms with Gasteiger partial charge in [0.05, 0.1) is 16.3 Å². The van der Waals surface area contributed by atoms with Gasteiger partial charge >= 0.3 is 0 Å². The van der Waals surface area contributed by atoms with Crippen molar-refractivity contribution >= 4 is 29.1 Å². The number of amides is 2. The fourth-order valence-electron chi connectivity index (χ4n) is 2.34. The molecule has 0 spiro atoms. The van der Waals surface area contributed by atoms with E-state index in [2.05, 4.69) is 17.2 Å². The molecule has 3 rings (SSSR count). The molecule has 2 aromatic carbocycles. The van der Waals surface area contributed by atoms with Crippen LogP contribution in [0.25, 0.3) is 0 Å². The number of para-hydroxylation sites is 1. The molecule has 25 heavy (non-hydrogen) atoms. The fraction of sp³-hybridized carbons (Fsp3) is 0.111. The zero-order valence-corrected chi connectivity index (χ0v) is 13.9. The Bertz CT molecular complexity index is 851. The number of hydrogen-bond acceptors (Lipinski definition) is 4. The lowest BCUT2D eigenvalue weighted by Crippen LogP contribution is -2.25. The average molecular weight is 359 g/mol. The van der Waals surface area contributed by atoms with Crippen molar-refractivity contribution in [1.82, 2.24) is 5.32 Å². The summed E-state index contributed by atoms with van der Waals surface area (Å²) < 4.78 is 10.5. The van der Waals surface area contributed by atoms with E-state index in [9.17, 15) is 9.59 Å². The Hall–Kier alpha value is -2.99. The molecule has 0 aliphatic carbocycles. The van der Waals surface area contributed by atoms with Crippen molar-refractivity contribution in [2.45, 2.75) is 0 Å². The molecule has 1 aliphatic heterocycles. The number of halogens is 1. The van der Waals surface area contributed by atoms with Gasteiger partial charge in [-0.2, -0.15) is 0 Å². The third-order valence-electron chi connectivity index (χ3n) is 3.52. The molecule has 0 saturated carbocycles. The van der Waals surface area contributed by atoms with E-state index >= 15 is 0 Å². The van der Waals surface area contributed by atoms with Crippen LogP contribution in [0.4, 0.5) is 5.69 Å². The summed E-state index contributed by atoms with van der Waals surface area (Å²) in [5, 5.41) is 5.69. The Balaban J connectivity index is 1.83. The van der Waals surface area contributed by atoms with Crippen molar-refractivity contribution in [3.05, 3.63) is 65.2 Å². The molecule has 2 N–H and O–H groups in total. The monoisotopic (exact) mass is 358 g/mol. The van der Waals surface area contributed by atoms with Crippen molar-refractivity contribution in [2.24, 2.45) is 0 Å². The van der Waals surface area contributed by atoms with E-state index < -0.39 is 5.91 Å². The van der Waals surface area contributed by atoms with E-state index in [1.165, 1.54) is 6.07 Å². The first-order valence-corrected chi connectivity index (χ1v) is 7.86. The van der Waals surface area contributed by atoms with Crippen LogP contribution in [-0.4, -0.2) is 25.2 Å². The highest BCUT2D eigenvalue weighted by atomic mass is 35.5. The Labute approximate surface area is 149 Å². The Kier molecular flexibility index (Phi) is 4.90. The van der Waals surface area contributed by atoms with Crippen molar-refractivity contribution in [2.75, 3.05) is 18.7 Å². The van der Waals surface area contributed by atoms with Crippen LogP contribution in [0, 0.1) is 0 Å². The van der Waals surface area contributed by atoms with Crippen LogP contribution in [0.2, 0.25) is 5.02 Å². The maximum atomic E-state index is 12.5. The zero-order valence-electron chi connectivity index (χ0n) is 13.2. The SMILES string of the molecule is C=CCNC(=O)c1ccccc1NC(=O)c1cc(Cl)c2c(c1)OCO2. The lowest BCUT2D eigenvalue weighted by atomic mass is 10.1. The van der Waals surface area contributed by atoms with Gasteiger partial charge in [0.15, 0.2) is 11.5 Å². The minimum atomic E-state index is -0.413. The molecule has 2 aromatic rings. The van der Waals surface area contributed by atoms with Crippen molar-refractivity contribution < 1.29 is 19.1 Å². The van der Waals surface area contributed by atoms with Gasteiger partial charge in [-0.3, -0.25) is 9.59 Å². The van der Waals surface area contributed by atoms with Crippen LogP contribution in [0.15, 0.2) is 49.1 Å². The number of ether oxygens (including phenoxy) is 2. The first-order chi connectivity index (χ1) is 12.1. The minimum Gasteiger partial charge on any atom is -0.454 e. The summed E-state index contributed by atoms with van der Waals surface area (Å²) in [6.45, 7) is 3.95. The number of hydrogen-bond donors (Lipinski definition) is 2. The molecule has 0 unspecified atom stereocenters. The fourth-order valence-corrected chi connectivity index (χ4v) is 2.61. The maximum Gasteiger partial charge on any atom is 0.255 e. The topological polar surface area (TPSA) is 76.7 Å². The lowest BCUT2D eigenvalue weighted by Gasteiger charge is -2.11. The highest BCUT2D eigenvalue weighted by Crippen LogP contribution is 2.39. The van der Waals surface area contributed by atoms with Gasteiger partial charge in [0.1, 0.15) is 0 Å². The normalized spacial score (nSPS) is 11.7. The summed E-state index contributed by atoms with van der Waals surface area (Å²) in [6, 6.07) is 9.76. The molecule has 0 saturated heterocycles. The summed E-state index contributed by atoms with van der Waals surface area (Å²) in [6.07, 6.45) is 1.58. The van der Waals surface area contributed by atoms with Gasteiger partial charge in [-0.25, -0.2) is 0 Å². The van der Waals surface area contributed by atoms with Crippen LogP contribution in [-0.2, 0) is 0 Å². The summed E-state index contributed by atoms with van der Waals surface area (Å²) >= 11 is 6.10. The predicted octanol–water partition coefficient (Wildman–Crippen LogP) is 3.24. The number of fused-ring (bicyclic) bond motifs is 1. The van der Waals surface area contributed by atoms with Gasteiger partial charge < -0.3 is 20.1 Å². The second kappa shape index (κ2) is 7.27. The van der Waals surface area contributed by atoms with E-state index in [4.69, 9.17) is 21.1 Å². The second-order valence-electron chi connectivity index (χ2n) is 5.19. The van der Waals surface area contributed by atoms with Gasteiger partial charge in [-0.15, -0.1) is 6.58 Å². The second-order valence-corrected chi connectivity index (χ2v) is 5.60. The Morgan fingerprint density at radius 2 is 2.00 bits per heavy atom. The number of benzene rings is 2. The van der Waals surface area contributed by atoms with Gasteiger partial charge in [0.25, 0.3) is 11.8 Å². The van der Waals surface area contributed by atoms with Gasteiger partial charge in [-0.1, -0.05) is 29.8 Å². The van der Waals surface area contributed by atoms with Crippen LogP contribution in [0.5, 0.6) is 11.5 Å². The molecule has 1 heterocycles. The summed E-state index contributed by atoms with van der Waals surface area (Å²) in [5.74, 6) is 0.112. The van der Waals surface area contributed by atoms with Crippen LogP contribution in [0.3, 0.4) is 0 Å². The zero-order chi connectivity index (χ0) is 17.8. The van der Waals surface area contributed by atoms with E-state index in [1.54, 1.807) is 36.4 Å². The molecule has 1 aliphatic rings. The number of rotatable bonds is 5. The smallest absolute Gasteiger partial charge is 0.255 e. The summed E-state index contributed by atoms with van der Waals surface area (Å²) in [5.41, 5.74) is 1.04. The minimum absolute atomic E-state index is 0.0619. The summed E-state index contributed by atoms with van der Waals surface area (Å²) in [4.78, 5) is 24.7. The lowest BCUT2D eigenvalue weighted by molar-refractivity contribution is 0.0959. The van der Waals surface area contributed by atoms with Crippen molar-refractivity contribution in [1.29, 1.82) is 0 Å². The predicted molar refractivity (Wildman–Crippen MR) is 94.5 cm³/mol. The van der Waals surface area contributed by atoms with E-state index in [-0.39, 0.29) is 17.7 Å². The number of anilines is 1. The Morgan fingerprint density at radius 1 is 1.20 bits per heavy atom. The molecule has 2 amide bonds. The largest absolute Gasteiger partial charge is 0.454 e. The molecule has 0 radical (unpaired) electrons. The van der Waals surface area contributed by atoms with E-state index in [1.807, 2.05) is 0 Å².